The largest absolute Gasteiger partial charge is 0.341 e. The zero-order valence-corrected chi connectivity index (χ0v) is 14.3. The Kier molecular flexibility index (Phi) is 5.83. The molecule has 1 saturated carbocycles. The summed E-state index contributed by atoms with van der Waals surface area (Å²) in [6, 6.07) is 3.58. The minimum atomic E-state index is 0.0182. The van der Waals surface area contributed by atoms with Crippen molar-refractivity contribution in [3.05, 3.63) is 30.1 Å². The van der Waals surface area contributed by atoms with Crippen LogP contribution in [0.4, 0.5) is 0 Å². The van der Waals surface area contributed by atoms with Gasteiger partial charge in [0.1, 0.15) is 0 Å². The van der Waals surface area contributed by atoms with Gasteiger partial charge in [-0.3, -0.25) is 14.6 Å². The van der Waals surface area contributed by atoms with Crippen LogP contribution in [-0.2, 0) is 4.79 Å². The molecule has 130 valence electrons. The number of hydrogen-bond acceptors (Lipinski definition) is 3. The molecule has 5 heteroatoms. The lowest BCUT2D eigenvalue weighted by Crippen LogP contribution is -2.38. The molecule has 0 aromatic carbocycles. The van der Waals surface area contributed by atoms with E-state index in [1.807, 2.05) is 9.80 Å². The highest BCUT2D eigenvalue weighted by atomic mass is 16.2. The van der Waals surface area contributed by atoms with Crippen LogP contribution in [0, 0.1) is 5.92 Å². The van der Waals surface area contributed by atoms with Gasteiger partial charge >= 0.3 is 0 Å². The number of nitrogens with zero attached hydrogens (tertiary/aromatic N) is 3. The molecule has 5 nitrogen and oxygen atoms in total. The summed E-state index contributed by atoms with van der Waals surface area (Å²) in [7, 11) is 0. The second-order valence-corrected chi connectivity index (χ2v) is 6.98. The molecule has 3 rings (SSSR count). The molecule has 2 heterocycles. The fourth-order valence-electron chi connectivity index (χ4n) is 3.81. The second-order valence-electron chi connectivity index (χ2n) is 6.98. The van der Waals surface area contributed by atoms with Gasteiger partial charge in [0.05, 0.1) is 5.56 Å². The number of hydrogen-bond donors (Lipinski definition) is 0. The number of aromatic nitrogens is 1. The van der Waals surface area contributed by atoms with Crippen LogP contribution in [0.3, 0.4) is 0 Å². The van der Waals surface area contributed by atoms with Crippen LogP contribution in [-0.4, -0.2) is 52.8 Å². The lowest BCUT2D eigenvalue weighted by molar-refractivity contribution is -0.132. The van der Waals surface area contributed by atoms with Gasteiger partial charge in [0.2, 0.25) is 5.91 Å². The summed E-state index contributed by atoms with van der Waals surface area (Å²) in [5.41, 5.74) is 0.625. The molecule has 1 aliphatic carbocycles. The molecule has 0 N–H and O–H groups in total. The lowest BCUT2D eigenvalue weighted by Gasteiger charge is -2.26. The van der Waals surface area contributed by atoms with E-state index in [9.17, 15) is 9.59 Å². The Morgan fingerprint density at radius 3 is 2.50 bits per heavy atom. The van der Waals surface area contributed by atoms with Gasteiger partial charge in [-0.2, -0.15) is 0 Å². The normalized spacial score (nSPS) is 19.8. The van der Waals surface area contributed by atoms with Crippen molar-refractivity contribution in [1.29, 1.82) is 0 Å². The highest BCUT2D eigenvalue weighted by molar-refractivity contribution is 5.93. The van der Waals surface area contributed by atoms with Gasteiger partial charge < -0.3 is 9.80 Å². The monoisotopic (exact) mass is 329 g/mol. The van der Waals surface area contributed by atoms with Gasteiger partial charge in [-0.1, -0.05) is 19.3 Å². The average Bonchev–Trinajstić information content (AvgIpc) is 2.89. The number of pyridine rings is 1. The second kappa shape index (κ2) is 8.27. The minimum absolute atomic E-state index is 0.0182. The minimum Gasteiger partial charge on any atom is -0.341 e. The third kappa shape index (κ3) is 4.34. The van der Waals surface area contributed by atoms with E-state index in [4.69, 9.17) is 0 Å². The first kappa shape index (κ1) is 16.9. The van der Waals surface area contributed by atoms with Crippen LogP contribution in [0.2, 0.25) is 0 Å². The number of carbonyl (C=O) groups excluding carboxylic acids is 2. The van der Waals surface area contributed by atoms with Crippen LogP contribution >= 0.6 is 0 Å². The van der Waals surface area contributed by atoms with Crippen molar-refractivity contribution in [1.82, 2.24) is 14.8 Å². The number of carbonyl (C=O) groups is 2. The van der Waals surface area contributed by atoms with Crippen LogP contribution in [0.15, 0.2) is 24.5 Å². The summed E-state index contributed by atoms with van der Waals surface area (Å²) in [5, 5.41) is 0. The van der Waals surface area contributed by atoms with Crippen molar-refractivity contribution in [3.8, 4) is 0 Å². The summed E-state index contributed by atoms with van der Waals surface area (Å²) in [4.78, 5) is 32.9. The van der Waals surface area contributed by atoms with Crippen LogP contribution in [0.25, 0.3) is 0 Å². The standard InChI is InChI=1S/C19H27N3O2/c23-18(14-16-6-2-1-3-7-16)21-10-5-11-22(13-12-21)19(24)17-8-4-9-20-15-17/h4,8-9,15-16H,1-3,5-7,10-14H2. The van der Waals surface area contributed by atoms with Crippen molar-refractivity contribution < 1.29 is 9.59 Å². The van der Waals surface area contributed by atoms with Crippen LogP contribution in [0.5, 0.6) is 0 Å². The van der Waals surface area contributed by atoms with E-state index in [0.717, 1.165) is 13.0 Å². The fourth-order valence-corrected chi connectivity index (χ4v) is 3.81. The molecular formula is C19H27N3O2. The van der Waals surface area contributed by atoms with Gasteiger partial charge in [0.25, 0.3) is 5.91 Å². The highest BCUT2D eigenvalue weighted by Gasteiger charge is 2.25. The lowest BCUT2D eigenvalue weighted by atomic mass is 9.86. The first-order valence-electron chi connectivity index (χ1n) is 9.21. The average molecular weight is 329 g/mol. The Bertz CT molecular complexity index is 555. The van der Waals surface area contributed by atoms with E-state index in [1.54, 1.807) is 24.5 Å². The van der Waals surface area contributed by atoms with Gasteiger partial charge in [-0.05, 0) is 37.3 Å². The summed E-state index contributed by atoms with van der Waals surface area (Å²) in [5.74, 6) is 0.866. The molecule has 0 atom stereocenters. The maximum Gasteiger partial charge on any atom is 0.255 e. The van der Waals surface area contributed by atoms with Gasteiger partial charge in [0, 0.05) is 45.0 Å². The Hall–Kier alpha value is -1.91. The summed E-state index contributed by atoms with van der Waals surface area (Å²) in [6.45, 7) is 2.74. The first-order chi connectivity index (χ1) is 11.7. The van der Waals surface area contributed by atoms with Gasteiger partial charge in [-0.25, -0.2) is 0 Å². The molecule has 0 unspecified atom stereocenters. The summed E-state index contributed by atoms with van der Waals surface area (Å²) < 4.78 is 0. The van der Waals surface area contributed by atoms with Crippen LogP contribution in [0.1, 0.15) is 55.3 Å². The fraction of sp³-hybridized carbons (Fsp3) is 0.632. The Morgan fingerprint density at radius 2 is 1.75 bits per heavy atom. The van der Waals surface area contributed by atoms with Crippen molar-refractivity contribution in [2.24, 2.45) is 5.92 Å². The number of amides is 2. The Morgan fingerprint density at radius 1 is 1.00 bits per heavy atom. The Balaban J connectivity index is 1.52. The topological polar surface area (TPSA) is 53.5 Å². The third-order valence-electron chi connectivity index (χ3n) is 5.23. The number of rotatable bonds is 3. The summed E-state index contributed by atoms with van der Waals surface area (Å²) >= 11 is 0. The maximum atomic E-state index is 12.6. The van der Waals surface area contributed by atoms with Crippen molar-refractivity contribution in [2.45, 2.75) is 44.9 Å². The zero-order valence-electron chi connectivity index (χ0n) is 14.3. The van der Waals surface area contributed by atoms with E-state index >= 15 is 0 Å². The van der Waals surface area contributed by atoms with E-state index in [2.05, 4.69) is 4.98 Å². The van der Waals surface area contributed by atoms with Crippen molar-refractivity contribution in [3.63, 3.8) is 0 Å². The zero-order chi connectivity index (χ0) is 16.8. The molecule has 2 amide bonds. The van der Waals surface area contributed by atoms with E-state index in [1.165, 1.54) is 32.1 Å². The molecule has 0 spiro atoms. The molecule has 1 aromatic rings. The molecule has 0 bridgehead atoms. The van der Waals surface area contributed by atoms with E-state index in [0.29, 0.717) is 37.5 Å². The molecule has 24 heavy (non-hydrogen) atoms. The molecule has 2 aliphatic rings. The highest BCUT2D eigenvalue weighted by Crippen LogP contribution is 2.27. The molecular weight excluding hydrogens is 302 g/mol. The molecule has 1 aromatic heterocycles. The summed E-state index contributed by atoms with van der Waals surface area (Å²) in [6.07, 6.45) is 11.1. The van der Waals surface area contributed by atoms with Gasteiger partial charge in [-0.15, -0.1) is 0 Å². The maximum absolute atomic E-state index is 12.6. The molecule has 1 saturated heterocycles. The van der Waals surface area contributed by atoms with Gasteiger partial charge in [0.15, 0.2) is 0 Å². The van der Waals surface area contributed by atoms with E-state index in [-0.39, 0.29) is 11.8 Å². The predicted molar refractivity (Wildman–Crippen MR) is 92.5 cm³/mol. The molecule has 1 aliphatic heterocycles. The molecule has 2 fully saturated rings. The first-order valence-corrected chi connectivity index (χ1v) is 9.21. The SMILES string of the molecule is O=C(CC1CCCCC1)N1CCCN(C(=O)c2cccnc2)CC1. The quantitative estimate of drug-likeness (QED) is 0.857. The van der Waals surface area contributed by atoms with Crippen LogP contribution < -0.4 is 0 Å². The Labute approximate surface area is 144 Å². The van der Waals surface area contributed by atoms with Crippen molar-refractivity contribution in [2.75, 3.05) is 26.2 Å². The smallest absolute Gasteiger partial charge is 0.255 e. The predicted octanol–water partition coefficient (Wildman–Crippen LogP) is 2.73. The molecule has 0 radical (unpaired) electrons. The van der Waals surface area contributed by atoms with E-state index < -0.39 is 0 Å². The van der Waals surface area contributed by atoms with Crippen molar-refractivity contribution >= 4 is 11.8 Å². The third-order valence-corrected chi connectivity index (χ3v) is 5.23.